The van der Waals surface area contributed by atoms with Gasteiger partial charge in [0.1, 0.15) is 6.61 Å². The van der Waals surface area contributed by atoms with E-state index >= 15 is 0 Å². The average Bonchev–Trinajstić information content (AvgIpc) is 3.33. The SMILES string of the molecule is CC(C)Cn1cc(C=CCCNC(=O)OCC2c3ccccc3-c3ccccc32)cn1. The van der Waals surface area contributed by atoms with E-state index in [0.717, 1.165) is 18.5 Å². The maximum absolute atomic E-state index is 12.2. The number of nitrogens with one attached hydrogen (secondary N) is 1. The maximum atomic E-state index is 12.2. The van der Waals surface area contributed by atoms with E-state index in [1.54, 1.807) is 0 Å². The fraction of sp³-hybridized carbons (Fsp3) is 0.308. The van der Waals surface area contributed by atoms with Crippen LogP contribution in [0.5, 0.6) is 0 Å². The molecule has 1 aliphatic carbocycles. The number of alkyl carbamates (subject to hydrolysis) is 1. The summed E-state index contributed by atoms with van der Waals surface area (Å²) in [7, 11) is 0. The van der Waals surface area contributed by atoms with Crippen molar-refractivity contribution in [2.24, 2.45) is 5.92 Å². The molecule has 1 aromatic heterocycles. The Balaban J connectivity index is 1.24. The molecule has 0 fully saturated rings. The van der Waals surface area contributed by atoms with Crippen molar-refractivity contribution < 1.29 is 9.53 Å². The molecule has 3 aromatic rings. The number of ether oxygens (including phenoxy) is 1. The van der Waals surface area contributed by atoms with Gasteiger partial charge in [-0.1, -0.05) is 74.5 Å². The van der Waals surface area contributed by atoms with Crippen LogP contribution in [0.15, 0.2) is 67.0 Å². The van der Waals surface area contributed by atoms with Crippen molar-refractivity contribution in [3.63, 3.8) is 0 Å². The molecule has 1 N–H and O–H groups in total. The normalized spacial score (nSPS) is 12.9. The third-order valence-corrected chi connectivity index (χ3v) is 5.44. The second kappa shape index (κ2) is 9.65. The summed E-state index contributed by atoms with van der Waals surface area (Å²) in [6, 6.07) is 16.7. The van der Waals surface area contributed by atoms with Crippen molar-refractivity contribution in [2.75, 3.05) is 13.2 Å². The molecule has 0 saturated carbocycles. The van der Waals surface area contributed by atoms with Gasteiger partial charge in [0.2, 0.25) is 0 Å². The molecular weight excluding hydrogens is 386 g/mol. The Labute approximate surface area is 183 Å². The summed E-state index contributed by atoms with van der Waals surface area (Å²) in [5, 5.41) is 7.19. The minimum atomic E-state index is -0.375. The number of aromatic nitrogens is 2. The van der Waals surface area contributed by atoms with E-state index in [1.165, 1.54) is 22.3 Å². The second-order valence-electron chi connectivity index (χ2n) is 8.33. The lowest BCUT2D eigenvalue weighted by atomic mass is 9.98. The molecular formula is C26H29N3O2. The molecule has 0 aliphatic heterocycles. The Morgan fingerprint density at radius 3 is 2.48 bits per heavy atom. The zero-order valence-electron chi connectivity index (χ0n) is 18.1. The molecule has 1 aliphatic rings. The van der Waals surface area contributed by atoms with Crippen LogP contribution in [0.4, 0.5) is 4.79 Å². The van der Waals surface area contributed by atoms with Gasteiger partial charge < -0.3 is 10.1 Å². The van der Waals surface area contributed by atoms with Gasteiger partial charge in [-0.2, -0.15) is 5.10 Å². The van der Waals surface area contributed by atoms with E-state index < -0.39 is 0 Å². The Kier molecular flexibility index (Phi) is 6.51. The fourth-order valence-electron chi connectivity index (χ4n) is 4.07. The van der Waals surface area contributed by atoms with Crippen molar-refractivity contribution in [3.05, 3.63) is 83.7 Å². The smallest absolute Gasteiger partial charge is 0.407 e. The molecule has 0 saturated heterocycles. The highest BCUT2D eigenvalue weighted by Crippen LogP contribution is 2.44. The molecule has 1 heterocycles. The van der Waals surface area contributed by atoms with E-state index in [9.17, 15) is 4.79 Å². The molecule has 0 atom stereocenters. The summed E-state index contributed by atoms with van der Waals surface area (Å²) in [5.74, 6) is 0.651. The molecule has 5 heteroatoms. The molecule has 31 heavy (non-hydrogen) atoms. The molecule has 5 nitrogen and oxygen atoms in total. The number of amides is 1. The predicted octanol–water partition coefficient (Wildman–Crippen LogP) is 5.48. The van der Waals surface area contributed by atoms with Crippen LogP contribution in [0.3, 0.4) is 0 Å². The maximum Gasteiger partial charge on any atom is 0.407 e. The highest BCUT2D eigenvalue weighted by Gasteiger charge is 2.28. The number of hydrogen-bond acceptors (Lipinski definition) is 3. The third kappa shape index (κ3) is 5.05. The van der Waals surface area contributed by atoms with Gasteiger partial charge in [-0.05, 0) is 34.6 Å². The first-order valence-electron chi connectivity index (χ1n) is 10.9. The summed E-state index contributed by atoms with van der Waals surface area (Å²) in [4.78, 5) is 12.2. The van der Waals surface area contributed by atoms with E-state index in [2.05, 4.69) is 60.7 Å². The van der Waals surface area contributed by atoms with E-state index in [-0.39, 0.29) is 12.0 Å². The van der Waals surface area contributed by atoms with Gasteiger partial charge in [0.15, 0.2) is 0 Å². The molecule has 4 rings (SSSR count). The quantitative estimate of drug-likeness (QED) is 0.496. The van der Waals surface area contributed by atoms with Gasteiger partial charge in [0.05, 0.1) is 6.20 Å². The van der Waals surface area contributed by atoms with Gasteiger partial charge >= 0.3 is 6.09 Å². The predicted molar refractivity (Wildman–Crippen MR) is 124 cm³/mol. The van der Waals surface area contributed by atoms with E-state index in [1.807, 2.05) is 41.4 Å². The first-order chi connectivity index (χ1) is 15.1. The summed E-state index contributed by atoms with van der Waals surface area (Å²) < 4.78 is 7.51. The molecule has 0 unspecified atom stereocenters. The summed E-state index contributed by atoms with van der Waals surface area (Å²) in [5.41, 5.74) is 5.97. The highest BCUT2D eigenvalue weighted by molar-refractivity contribution is 5.79. The Morgan fingerprint density at radius 2 is 1.81 bits per heavy atom. The number of rotatable bonds is 8. The van der Waals surface area contributed by atoms with Crippen LogP contribution >= 0.6 is 0 Å². The van der Waals surface area contributed by atoms with Crippen molar-refractivity contribution >= 4 is 12.2 Å². The van der Waals surface area contributed by atoms with Gasteiger partial charge in [0.25, 0.3) is 0 Å². The number of carbonyl (C=O) groups excluding carboxylic acids is 1. The van der Waals surface area contributed by atoms with Gasteiger partial charge in [-0.3, -0.25) is 4.68 Å². The van der Waals surface area contributed by atoms with Crippen molar-refractivity contribution in [1.82, 2.24) is 15.1 Å². The Hall–Kier alpha value is -3.34. The lowest BCUT2D eigenvalue weighted by molar-refractivity contribution is 0.143. The van der Waals surface area contributed by atoms with Crippen LogP contribution in [-0.2, 0) is 11.3 Å². The topological polar surface area (TPSA) is 56.2 Å². The number of nitrogens with zero attached hydrogens (tertiary/aromatic N) is 2. The molecule has 2 aromatic carbocycles. The van der Waals surface area contributed by atoms with Crippen LogP contribution in [0.1, 0.15) is 42.9 Å². The molecule has 0 radical (unpaired) electrons. The lowest BCUT2D eigenvalue weighted by Gasteiger charge is -2.14. The number of carbonyl (C=O) groups is 1. The van der Waals surface area contributed by atoms with Gasteiger partial charge in [-0.15, -0.1) is 0 Å². The van der Waals surface area contributed by atoms with Crippen LogP contribution in [0.25, 0.3) is 17.2 Å². The highest BCUT2D eigenvalue weighted by atomic mass is 16.5. The minimum Gasteiger partial charge on any atom is -0.449 e. The van der Waals surface area contributed by atoms with E-state index in [0.29, 0.717) is 19.1 Å². The van der Waals surface area contributed by atoms with Crippen LogP contribution in [0, 0.1) is 5.92 Å². The lowest BCUT2D eigenvalue weighted by Crippen LogP contribution is -2.26. The molecule has 0 bridgehead atoms. The van der Waals surface area contributed by atoms with Gasteiger partial charge in [-0.25, -0.2) is 4.79 Å². The standard InChI is InChI=1S/C26H29N3O2/c1-19(2)16-29-17-20(15-28-29)9-7-8-14-27-26(30)31-18-25-23-12-5-3-10-21(23)22-11-4-6-13-24(22)25/h3-7,9-13,15,17,19,25H,8,14,16,18H2,1-2H3,(H,27,30). The van der Waals surface area contributed by atoms with E-state index in [4.69, 9.17) is 4.74 Å². The first-order valence-corrected chi connectivity index (χ1v) is 10.9. The summed E-state index contributed by atoms with van der Waals surface area (Å²) in [6.45, 7) is 6.13. The van der Waals surface area contributed by atoms with Crippen molar-refractivity contribution in [3.8, 4) is 11.1 Å². The Morgan fingerprint density at radius 1 is 1.13 bits per heavy atom. The molecule has 0 spiro atoms. The number of fused-ring (bicyclic) bond motifs is 3. The largest absolute Gasteiger partial charge is 0.449 e. The minimum absolute atomic E-state index is 0.0837. The average molecular weight is 416 g/mol. The van der Waals surface area contributed by atoms with Crippen LogP contribution in [0.2, 0.25) is 0 Å². The third-order valence-electron chi connectivity index (χ3n) is 5.44. The zero-order chi connectivity index (χ0) is 21.6. The summed E-state index contributed by atoms with van der Waals surface area (Å²) >= 11 is 0. The molecule has 160 valence electrons. The number of hydrogen-bond donors (Lipinski definition) is 1. The van der Waals surface area contributed by atoms with Crippen molar-refractivity contribution in [1.29, 1.82) is 0 Å². The zero-order valence-corrected chi connectivity index (χ0v) is 18.1. The Bertz CT molecular complexity index is 1020. The monoisotopic (exact) mass is 415 g/mol. The van der Waals surface area contributed by atoms with Crippen LogP contribution < -0.4 is 5.32 Å². The number of benzene rings is 2. The van der Waals surface area contributed by atoms with Gasteiger partial charge in [0, 0.05) is 30.8 Å². The van der Waals surface area contributed by atoms with Crippen molar-refractivity contribution in [2.45, 2.75) is 32.7 Å². The van der Waals surface area contributed by atoms with Crippen LogP contribution in [-0.4, -0.2) is 29.0 Å². The first kappa shape index (κ1) is 20.9. The summed E-state index contributed by atoms with van der Waals surface area (Å²) in [6.07, 6.45) is 8.33. The fourth-order valence-corrected chi connectivity index (χ4v) is 4.07. The molecule has 1 amide bonds. The second-order valence-corrected chi connectivity index (χ2v) is 8.33.